The molecule has 0 bridgehead atoms. The summed E-state index contributed by atoms with van der Waals surface area (Å²) < 4.78 is 22.4. The van der Waals surface area contributed by atoms with Gasteiger partial charge in [-0.05, 0) is 51.5 Å². The number of carbonyl (C=O) groups is 1. The van der Waals surface area contributed by atoms with Crippen molar-refractivity contribution < 1.29 is 34.0 Å². The zero-order valence-electron chi connectivity index (χ0n) is 21.3. The molecule has 0 saturated carbocycles. The first-order valence-corrected chi connectivity index (χ1v) is 12.1. The van der Waals surface area contributed by atoms with Gasteiger partial charge in [-0.25, -0.2) is 0 Å². The highest BCUT2D eigenvalue weighted by atomic mass is 16.6. The van der Waals surface area contributed by atoms with Crippen LogP contribution in [0.5, 0.6) is 0 Å². The molecule has 0 aromatic carbocycles. The second-order valence-corrected chi connectivity index (χ2v) is 10.1. The highest BCUT2D eigenvalue weighted by Gasteiger charge is 2.56. The summed E-state index contributed by atoms with van der Waals surface area (Å²) in [7, 11) is 3.00. The molecule has 190 valence electrons. The van der Waals surface area contributed by atoms with E-state index in [1.807, 2.05) is 6.92 Å². The van der Waals surface area contributed by atoms with Crippen molar-refractivity contribution in [2.45, 2.75) is 96.4 Å². The zero-order valence-corrected chi connectivity index (χ0v) is 21.3. The molecule has 0 aliphatic carbocycles. The first-order valence-electron chi connectivity index (χ1n) is 12.1. The van der Waals surface area contributed by atoms with Gasteiger partial charge in [-0.1, -0.05) is 32.1 Å². The number of carbonyl (C=O) groups excluding carboxylic acids is 1. The van der Waals surface area contributed by atoms with E-state index in [4.69, 9.17) is 18.9 Å². The summed E-state index contributed by atoms with van der Waals surface area (Å²) in [5.74, 6) is 0.0809. The third-order valence-corrected chi connectivity index (χ3v) is 7.21. The average molecular weight is 469 g/mol. The molecular weight excluding hydrogens is 424 g/mol. The van der Waals surface area contributed by atoms with Crippen molar-refractivity contribution >= 4 is 5.97 Å². The molecule has 2 fully saturated rings. The van der Waals surface area contributed by atoms with E-state index in [0.29, 0.717) is 5.92 Å². The summed E-state index contributed by atoms with van der Waals surface area (Å²) in [4.78, 5) is 11.7. The Hall–Kier alpha value is -1.25. The quantitative estimate of drug-likeness (QED) is 0.257. The van der Waals surface area contributed by atoms with E-state index in [0.717, 1.165) is 24.8 Å². The number of ether oxygens (including phenoxy) is 4. The normalized spacial score (nSPS) is 34.0. The van der Waals surface area contributed by atoms with Gasteiger partial charge in [-0.2, -0.15) is 0 Å². The molecule has 0 aromatic rings. The zero-order chi connectivity index (χ0) is 24.8. The number of esters is 1. The van der Waals surface area contributed by atoms with Gasteiger partial charge < -0.3 is 29.2 Å². The van der Waals surface area contributed by atoms with Crippen molar-refractivity contribution in [3.05, 3.63) is 23.8 Å². The number of hydrogen-bond donors (Lipinski definition) is 2. The third-order valence-electron chi connectivity index (χ3n) is 7.21. The van der Waals surface area contributed by atoms with Gasteiger partial charge in [0.05, 0.1) is 49.7 Å². The second kappa shape index (κ2) is 12.5. The molecule has 2 aliphatic heterocycles. The van der Waals surface area contributed by atoms with Crippen molar-refractivity contribution in [1.82, 2.24) is 0 Å². The molecule has 2 rings (SSSR count). The van der Waals surface area contributed by atoms with Gasteiger partial charge in [0.2, 0.25) is 0 Å². The van der Waals surface area contributed by atoms with Crippen molar-refractivity contribution in [1.29, 1.82) is 0 Å². The van der Waals surface area contributed by atoms with Crippen LogP contribution >= 0.6 is 0 Å². The highest BCUT2D eigenvalue weighted by molar-refractivity contribution is 5.69. The Labute approximate surface area is 199 Å². The first kappa shape index (κ1) is 28.0. The number of aliphatic hydroxyl groups excluding tert-OH is 2. The minimum Gasteiger partial charge on any atom is -0.469 e. The Balaban J connectivity index is 1.89. The Bertz CT molecular complexity index is 688. The fraction of sp³-hybridized carbons (Fsp3) is 0.808. The van der Waals surface area contributed by atoms with E-state index in [2.05, 4.69) is 39.0 Å². The van der Waals surface area contributed by atoms with Crippen LogP contribution in [-0.2, 0) is 23.7 Å². The van der Waals surface area contributed by atoms with Crippen LogP contribution in [0, 0.1) is 17.8 Å². The van der Waals surface area contributed by atoms with Crippen LogP contribution in [0.25, 0.3) is 0 Å². The molecule has 2 saturated heterocycles. The molecular formula is C26H44O7. The molecule has 0 aromatic heterocycles. The third kappa shape index (κ3) is 7.62. The van der Waals surface area contributed by atoms with Gasteiger partial charge in [0.15, 0.2) is 0 Å². The van der Waals surface area contributed by atoms with Crippen molar-refractivity contribution in [2.75, 3.05) is 20.8 Å². The highest BCUT2D eigenvalue weighted by Crippen LogP contribution is 2.47. The summed E-state index contributed by atoms with van der Waals surface area (Å²) in [6, 6.07) is 0. The maximum Gasteiger partial charge on any atom is 0.308 e. The van der Waals surface area contributed by atoms with Crippen molar-refractivity contribution in [3.63, 3.8) is 0 Å². The van der Waals surface area contributed by atoms with E-state index >= 15 is 0 Å². The van der Waals surface area contributed by atoms with Crippen LogP contribution in [0.1, 0.15) is 60.3 Å². The topological polar surface area (TPSA) is 97.8 Å². The fourth-order valence-corrected chi connectivity index (χ4v) is 5.27. The summed E-state index contributed by atoms with van der Waals surface area (Å²) in [5, 5.41) is 19.6. The predicted octanol–water partition coefficient (Wildman–Crippen LogP) is 3.42. The van der Waals surface area contributed by atoms with Crippen LogP contribution in [0.3, 0.4) is 0 Å². The number of methoxy groups -OCH3 is 2. The molecule has 2 heterocycles. The van der Waals surface area contributed by atoms with Crippen molar-refractivity contribution in [2.24, 2.45) is 17.8 Å². The molecule has 0 spiro atoms. The maximum atomic E-state index is 11.7. The Morgan fingerprint density at radius 3 is 2.52 bits per heavy atom. The average Bonchev–Trinajstić information content (AvgIpc) is 3.43. The molecule has 2 N–H and O–H groups in total. The Morgan fingerprint density at radius 1 is 1.24 bits per heavy atom. The molecule has 33 heavy (non-hydrogen) atoms. The van der Waals surface area contributed by atoms with Crippen LogP contribution in [0.2, 0.25) is 0 Å². The van der Waals surface area contributed by atoms with Gasteiger partial charge >= 0.3 is 5.97 Å². The van der Waals surface area contributed by atoms with Gasteiger partial charge in [-0.3, -0.25) is 4.79 Å². The number of epoxide rings is 1. The standard InChI is InChI=1S/C26H44O7/c1-16(14-26(5)25(33-26)18(3)24(31-7)19(4)28)9-8-10-17(2)21-12-11-20(15-27)22(32-21)13-23(29)30-6/h8-10,16,18-22,24-25,27-28H,11-15H2,1-7H3/b9-8+,17-10+/t16-,18-,19-,20+,21+,22+,24-,25-,26-/m1/s1. The van der Waals surface area contributed by atoms with Gasteiger partial charge in [0.1, 0.15) is 0 Å². The van der Waals surface area contributed by atoms with Crippen LogP contribution in [-0.4, -0.2) is 73.1 Å². The van der Waals surface area contributed by atoms with Gasteiger partial charge in [-0.15, -0.1) is 0 Å². The Kier molecular flexibility index (Phi) is 10.6. The van der Waals surface area contributed by atoms with E-state index in [1.165, 1.54) is 7.11 Å². The largest absolute Gasteiger partial charge is 0.469 e. The molecule has 9 atom stereocenters. The molecule has 0 unspecified atom stereocenters. The summed E-state index contributed by atoms with van der Waals surface area (Å²) in [6.07, 6.45) is 7.91. The van der Waals surface area contributed by atoms with Gasteiger partial charge in [0, 0.05) is 25.6 Å². The van der Waals surface area contributed by atoms with Crippen LogP contribution in [0.15, 0.2) is 23.8 Å². The lowest BCUT2D eigenvalue weighted by Gasteiger charge is -2.35. The van der Waals surface area contributed by atoms with E-state index in [-0.39, 0.29) is 60.8 Å². The number of allylic oxidation sites excluding steroid dienone is 3. The minimum absolute atomic E-state index is 0.0113. The molecule has 7 heteroatoms. The number of rotatable bonds is 12. The van der Waals surface area contributed by atoms with E-state index in [9.17, 15) is 15.0 Å². The summed E-state index contributed by atoms with van der Waals surface area (Å²) >= 11 is 0. The molecule has 2 aliphatic rings. The smallest absolute Gasteiger partial charge is 0.308 e. The predicted molar refractivity (Wildman–Crippen MR) is 127 cm³/mol. The van der Waals surface area contributed by atoms with E-state index < -0.39 is 6.10 Å². The number of hydrogen-bond acceptors (Lipinski definition) is 7. The summed E-state index contributed by atoms with van der Waals surface area (Å²) in [5.41, 5.74) is 0.894. The number of aliphatic hydroxyl groups is 2. The molecule has 0 radical (unpaired) electrons. The molecule has 7 nitrogen and oxygen atoms in total. The summed E-state index contributed by atoms with van der Waals surface area (Å²) in [6.45, 7) is 10.2. The van der Waals surface area contributed by atoms with Crippen LogP contribution in [0.4, 0.5) is 0 Å². The van der Waals surface area contributed by atoms with Crippen molar-refractivity contribution in [3.8, 4) is 0 Å². The Morgan fingerprint density at radius 2 is 1.94 bits per heavy atom. The first-order chi connectivity index (χ1) is 15.6. The monoisotopic (exact) mass is 468 g/mol. The SMILES string of the molecule is COC(=O)C[C@@H]1O[C@H](/C(C)=C/C=C/[C@@H](C)C[C@@]2(C)O[C@@H]2[C@H](C)[C@@H](OC)[C@@H](C)O)CC[C@H]1CO. The second-order valence-electron chi connectivity index (χ2n) is 10.1. The molecule has 0 amide bonds. The van der Waals surface area contributed by atoms with Crippen LogP contribution < -0.4 is 0 Å². The van der Waals surface area contributed by atoms with Gasteiger partial charge in [0.25, 0.3) is 0 Å². The lowest BCUT2D eigenvalue weighted by molar-refractivity contribution is -0.149. The van der Waals surface area contributed by atoms with E-state index in [1.54, 1.807) is 14.0 Å². The minimum atomic E-state index is -0.536. The fourth-order valence-electron chi connectivity index (χ4n) is 5.27. The lowest BCUT2D eigenvalue weighted by atomic mass is 9.85. The lowest BCUT2D eigenvalue weighted by Crippen LogP contribution is -2.39. The maximum absolute atomic E-state index is 11.7.